The van der Waals surface area contributed by atoms with Crippen LogP contribution >= 0.6 is 12.2 Å². The van der Waals surface area contributed by atoms with Crippen LogP contribution in [-0.2, 0) is 0 Å². The molecule has 25 heavy (non-hydrogen) atoms. The molecule has 2 amide bonds. The summed E-state index contributed by atoms with van der Waals surface area (Å²) in [5, 5.41) is 7.10. The number of amides is 2. The Balaban J connectivity index is 1.71. The van der Waals surface area contributed by atoms with Crippen LogP contribution in [0.15, 0.2) is 0 Å². The molecule has 0 aromatic carbocycles. The molecule has 142 valence electrons. The Morgan fingerprint density at radius 2 is 1.68 bits per heavy atom. The summed E-state index contributed by atoms with van der Waals surface area (Å²) in [6.07, 6.45) is 16.4. The summed E-state index contributed by atoms with van der Waals surface area (Å²) in [7, 11) is 0. The number of thiocarbonyl (C=S) groups is 1. The Morgan fingerprint density at radius 3 is 2.32 bits per heavy atom. The standard InChI is InChI=1S/C20H35N3OS/c1-2-3-4-11-16-21-18(24)23-17(25)19(12-7-5-8-13-19)22-20(23)14-9-6-10-15-20/h22H,2-16H2,1H3,(H,21,24). The summed E-state index contributed by atoms with van der Waals surface area (Å²) >= 11 is 5.93. The number of urea groups is 1. The van der Waals surface area contributed by atoms with Gasteiger partial charge in [0.05, 0.1) is 5.54 Å². The molecule has 1 aliphatic heterocycles. The number of unbranched alkanes of at least 4 members (excludes halogenated alkanes) is 3. The maximum absolute atomic E-state index is 13.1. The van der Waals surface area contributed by atoms with Gasteiger partial charge in [-0.05, 0) is 44.9 Å². The molecule has 5 heteroatoms. The lowest BCUT2D eigenvalue weighted by Crippen LogP contribution is -2.59. The van der Waals surface area contributed by atoms with Crippen molar-refractivity contribution in [3.05, 3.63) is 0 Å². The van der Waals surface area contributed by atoms with Crippen LogP contribution in [0.2, 0.25) is 0 Å². The lowest BCUT2D eigenvalue weighted by molar-refractivity contribution is 0.107. The molecular weight excluding hydrogens is 330 g/mol. The molecule has 3 aliphatic rings. The fourth-order valence-electron chi connectivity index (χ4n) is 5.06. The molecule has 3 rings (SSSR count). The monoisotopic (exact) mass is 365 g/mol. The Hall–Kier alpha value is -0.680. The molecule has 0 radical (unpaired) electrons. The van der Waals surface area contributed by atoms with E-state index in [0.717, 1.165) is 43.6 Å². The first-order chi connectivity index (χ1) is 12.1. The summed E-state index contributed by atoms with van der Waals surface area (Å²) in [5.74, 6) is 0. The van der Waals surface area contributed by atoms with Crippen molar-refractivity contribution >= 4 is 23.2 Å². The van der Waals surface area contributed by atoms with Crippen molar-refractivity contribution in [2.45, 2.75) is 108 Å². The topological polar surface area (TPSA) is 44.4 Å². The van der Waals surface area contributed by atoms with Crippen molar-refractivity contribution in [2.75, 3.05) is 6.54 Å². The van der Waals surface area contributed by atoms with Crippen molar-refractivity contribution in [3.8, 4) is 0 Å². The highest BCUT2D eigenvalue weighted by Gasteiger charge is 2.58. The van der Waals surface area contributed by atoms with E-state index in [2.05, 4.69) is 17.6 Å². The molecular formula is C20H35N3OS. The molecule has 0 bridgehead atoms. The minimum atomic E-state index is -0.222. The minimum absolute atomic E-state index is 0.0401. The first kappa shape index (κ1) is 19.1. The average Bonchev–Trinajstić information content (AvgIpc) is 2.83. The van der Waals surface area contributed by atoms with E-state index in [1.807, 2.05) is 4.90 Å². The van der Waals surface area contributed by atoms with Gasteiger partial charge in [0.25, 0.3) is 0 Å². The molecule has 1 heterocycles. The summed E-state index contributed by atoms with van der Waals surface area (Å²) in [6, 6.07) is 0.0401. The van der Waals surface area contributed by atoms with E-state index < -0.39 is 0 Å². The number of hydrogen-bond acceptors (Lipinski definition) is 3. The Kier molecular flexibility index (Phi) is 6.37. The smallest absolute Gasteiger partial charge is 0.323 e. The van der Waals surface area contributed by atoms with E-state index in [-0.39, 0.29) is 17.2 Å². The Morgan fingerprint density at radius 1 is 1.04 bits per heavy atom. The number of hydrogen-bond donors (Lipinski definition) is 2. The molecule has 0 aromatic rings. The van der Waals surface area contributed by atoms with E-state index in [9.17, 15) is 4.79 Å². The molecule has 2 aliphatic carbocycles. The van der Waals surface area contributed by atoms with Crippen LogP contribution in [0.25, 0.3) is 0 Å². The second-order valence-electron chi connectivity index (χ2n) is 8.29. The maximum atomic E-state index is 13.1. The highest BCUT2D eigenvalue weighted by atomic mass is 32.1. The van der Waals surface area contributed by atoms with E-state index in [1.165, 1.54) is 57.8 Å². The molecule has 3 fully saturated rings. The zero-order valence-corrected chi connectivity index (χ0v) is 16.7. The fourth-order valence-corrected chi connectivity index (χ4v) is 5.57. The molecule has 2 N–H and O–H groups in total. The average molecular weight is 366 g/mol. The molecule has 2 spiro atoms. The third-order valence-electron chi connectivity index (χ3n) is 6.41. The SMILES string of the molecule is CCCCCCNC(=O)N1C(=S)C2(CCCCC2)NC12CCCCC2. The van der Waals surface area contributed by atoms with Gasteiger partial charge in [-0.15, -0.1) is 0 Å². The van der Waals surface area contributed by atoms with Crippen LogP contribution in [0.3, 0.4) is 0 Å². The molecule has 0 unspecified atom stereocenters. The predicted molar refractivity (Wildman–Crippen MR) is 107 cm³/mol. The van der Waals surface area contributed by atoms with Gasteiger partial charge in [0, 0.05) is 6.54 Å². The number of rotatable bonds is 5. The Bertz CT molecular complexity index is 481. The third-order valence-corrected chi connectivity index (χ3v) is 6.98. The lowest BCUT2D eigenvalue weighted by Gasteiger charge is -2.41. The highest BCUT2D eigenvalue weighted by molar-refractivity contribution is 7.80. The van der Waals surface area contributed by atoms with Crippen molar-refractivity contribution in [2.24, 2.45) is 0 Å². The largest absolute Gasteiger partial charge is 0.338 e. The van der Waals surface area contributed by atoms with Gasteiger partial charge in [0.2, 0.25) is 0 Å². The molecule has 2 saturated carbocycles. The molecule has 1 saturated heterocycles. The summed E-state index contributed by atoms with van der Waals surface area (Å²) < 4.78 is 0. The zero-order valence-electron chi connectivity index (χ0n) is 15.9. The van der Waals surface area contributed by atoms with Gasteiger partial charge in [-0.25, -0.2) is 4.79 Å². The van der Waals surface area contributed by atoms with Gasteiger partial charge in [0.1, 0.15) is 10.7 Å². The summed E-state index contributed by atoms with van der Waals surface area (Å²) in [6.45, 7) is 2.98. The first-order valence-corrected chi connectivity index (χ1v) is 11.0. The van der Waals surface area contributed by atoms with Gasteiger partial charge >= 0.3 is 6.03 Å². The normalized spacial score (nSPS) is 24.8. The quantitative estimate of drug-likeness (QED) is 0.539. The highest BCUT2D eigenvalue weighted by Crippen LogP contribution is 2.45. The van der Waals surface area contributed by atoms with Crippen molar-refractivity contribution in [3.63, 3.8) is 0 Å². The maximum Gasteiger partial charge on any atom is 0.323 e. The van der Waals surface area contributed by atoms with E-state index >= 15 is 0 Å². The third kappa shape index (κ3) is 3.87. The Labute approximate surface area is 158 Å². The summed E-state index contributed by atoms with van der Waals surface area (Å²) in [4.78, 5) is 15.9. The summed E-state index contributed by atoms with van der Waals surface area (Å²) in [5.41, 5.74) is -0.329. The fraction of sp³-hybridized carbons (Fsp3) is 0.900. The van der Waals surface area contributed by atoms with Crippen LogP contribution in [0, 0.1) is 0 Å². The second kappa shape index (κ2) is 8.34. The molecule has 0 atom stereocenters. The number of nitrogens with one attached hydrogen (secondary N) is 2. The predicted octanol–water partition coefficient (Wildman–Crippen LogP) is 4.87. The van der Waals surface area contributed by atoms with Crippen LogP contribution in [0.4, 0.5) is 4.79 Å². The van der Waals surface area contributed by atoms with E-state index in [0.29, 0.717) is 0 Å². The minimum Gasteiger partial charge on any atom is -0.338 e. The van der Waals surface area contributed by atoms with Gasteiger partial charge < -0.3 is 5.32 Å². The van der Waals surface area contributed by atoms with Crippen LogP contribution in [-0.4, -0.2) is 33.7 Å². The van der Waals surface area contributed by atoms with E-state index in [4.69, 9.17) is 12.2 Å². The van der Waals surface area contributed by atoms with Crippen LogP contribution in [0.5, 0.6) is 0 Å². The number of carbonyl (C=O) groups excluding carboxylic acids is 1. The van der Waals surface area contributed by atoms with Gasteiger partial charge in [0.15, 0.2) is 0 Å². The van der Waals surface area contributed by atoms with Crippen LogP contribution in [0.1, 0.15) is 96.8 Å². The van der Waals surface area contributed by atoms with Crippen molar-refractivity contribution < 1.29 is 4.79 Å². The van der Waals surface area contributed by atoms with E-state index in [1.54, 1.807) is 0 Å². The number of carbonyl (C=O) groups is 1. The van der Waals surface area contributed by atoms with Gasteiger partial charge in [-0.3, -0.25) is 10.2 Å². The van der Waals surface area contributed by atoms with Crippen molar-refractivity contribution in [1.29, 1.82) is 0 Å². The number of nitrogens with zero attached hydrogens (tertiary/aromatic N) is 1. The van der Waals surface area contributed by atoms with Gasteiger partial charge in [-0.2, -0.15) is 0 Å². The van der Waals surface area contributed by atoms with Gasteiger partial charge in [-0.1, -0.05) is 64.1 Å². The molecule has 0 aromatic heterocycles. The first-order valence-electron chi connectivity index (χ1n) is 10.6. The lowest BCUT2D eigenvalue weighted by atomic mass is 9.81. The van der Waals surface area contributed by atoms with Crippen LogP contribution < -0.4 is 10.6 Å². The van der Waals surface area contributed by atoms with Crippen molar-refractivity contribution in [1.82, 2.24) is 15.5 Å². The zero-order chi connectivity index (χ0) is 17.8. The molecule has 4 nitrogen and oxygen atoms in total. The second-order valence-corrected chi connectivity index (χ2v) is 8.68.